The molecule has 0 fully saturated rings. The summed E-state index contributed by atoms with van der Waals surface area (Å²) < 4.78 is 10.2. The Hall–Kier alpha value is -2.50. The first-order valence-corrected chi connectivity index (χ1v) is 4.99. The van der Waals surface area contributed by atoms with E-state index in [0.717, 1.165) is 6.08 Å². The van der Waals surface area contributed by atoms with E-state index in [1.165, 1.54) is 25.3 Å². The van der Waals surface area contributed by atoms with E-state index in [2.05, 4.69) is 6.58 Å². The van der Waals surface area contributed by atoms with E-state index in [1.54, 1.807) is 0 Å². The lowest BCUT2D eigenvalue weighted by Gasteiger charge is -2.14. The lowest BCUT2D eigenvalue weighted by Crippen LogP contribution is -2.24. The fraction of sp³-hybridized carbons (Fsp3) is 0.167. The molecule has 1 aromatic rings. The van der Waals surface area contributed by atoms with Crippen LogP contribution in [-0.2, 0) is 4.79 Å². The van der Waals surface area contributed by atoms with Crippen molar-refractivity contribution in [3.05, 3.63) is 36.4 Å². The number of carboxylic acid groups (broad SMARTS) is 1. The molecule has 0 aliphatic heterocycles. The summed E-state index contributed by atoms with van der Waals surface area (Å²) in [5, 5.41) is 8.83. The second kappa shape index (κ2) is 5.72. The molecule has 3 N–H and O–H groups in total. The first-order chi connectivity index (χ1) is 8.49. The number of benzene rings is 1. The molecule has 96 valence electrons. The highest BCUT2D eigenvalue weighted by Crippen LogP contribution is 2.29. The van der Waals surface area contributed by atoms with E-state index in [1.807, 2.05) is 0 Å². The smallest absolute Gasteiger partial charge is 0.349 e. The van der Waals surface area contributed by atoms with Crippen LogP contribution in [0.1, 0.15) is 10.4 Å². The Bertz CT molecular complexity index is 483. The molecule has 0 saturated carbocycles. The predicted octanol–water partition coefficient (Wildman–Crippen LogP) is 0.812. The van der Waals surface area contributed by atoms with Crippen molar-refractivity contribution in [1.29, 1.82) is 0 Å². The van der Waals surface area contributed by atoms with Crippen LogP contribution in [0.15, 0.2) is 30.9 Å². The fourth-order valence-corrected chi connectivity index (χ4v) is 1.25. The van der Waals surface area contributed by atoms with Crippen molar-refractivity contribution in [3.63, 3.8) is 0 Å². The lowest BCUT2D eigenvalue weighted by molar-refractivity contribution is -0.142. The molecular formula is C12H13NO5. The van der Waals surface area contributed by atoms with Crippen LogP contribution in [0.5, 0.6) is 11.5 Å². The molecule has 0 aliphatic carbocycles. The second-order valence-electron chi connectivity index (χ2n) is 3.34. The van der Waals surface area contributed by atoms with Gasteiger partial charge in [-0.3, -0.25) is 4.79 Å². The van der Waals surface area contributed by atoms with Gasteiger partial charge in [-0.2, -0.15) is 0 Å². The third kappa shape index (κ3) is 3.00. The van der Waals surface area contributed by atoms with E-state index < -0.39 is 18.0 Å². The number of nitrogens with two attached hydrogens (primary N) is 1. The summed E-state index contributed by atoms with van der Waals surface area (Å²) in [5.41, 5.74) is 5.36. The maximum Gasteiger partial charge on any atom is 0.349 e. The highest BCUT2D eigenvalue weighted by atomic mass is 16.5. The second-order valence-corrected chi connectivity index (χ2v) is 3.34. The summed E-state index contributed by atoms with van der Waals surface area (Å²) in [7, 11) is 1.37. The van der Waals surface area contributed by atoms with Crippen molar-refractivity contribution < 1.29 is 24.2 Å². The molecule has 0 saturated heterocycles. The Morgan fingerprint density at radius 3 is 2.56 bits per heavy atom. The summed E-state index contributed by atoms with van der Waals surface area (Å²) in [4.78, 5) is 21.8. The zero-order chi connectivity index (χ0) is 13.7. The normalized spacial score (nSPS) is 11.4. The number of amides is 1. The first-order valence-electron chi connectivity index (χ1n) is 4.99. The van der Waals surface area contributed by atoms with Crippen molar-refractivity contribution in [3.8, 4) is 11.5 Å². The Kier molecular flexibility index (Phi) is 4.31. The van der Waals surface area contributed by atoms with Crippen molar-refractivity contribution >= 4 is 11.9 Å². The molecule has 1 rings (SSSR count). The average molecular weight is 251 g/mol. The number of ether oxygens (including phenoxy) is 2. The predicted molar refractivity (Wildman–Crippen MR) is 63.8 cm³/mol. The maximum absolute atomic E-state index is 11.0. The molecule has 1 aromatic carbocycles. The van der Waals surface area contributed by atoms with Gasteiger partial charge in [0.05, 0.1) is 7.11 Å². The van der Waals surface area contributed by atoms with Gasteiger partial charge in [0, 0.05) is 5.56 Å². The van der Waals surface area contributed by atoms with Gasteiger partial charge in [0.15, 0.2) is 11.5 Å². The highest BCUT2D eigenvalue weighted by Gasteiger charge is 2.18. The zero-order valence-corrected chi connectivity index (χ0v) is 9.75. The van der Waals surface area contributed by atoms with Gasteiger partial charge in [0.2, 0.25) is 12.0 Å². The van der Waals surface area contributed by atoms with Crippen LogP contribution in [0.25, 0.3) is 0 Å². The molecule has 1 atom stereocenters. The van der Waals surface area contributed by atoms with Gasteiger partial charge in [-0.15, -0.1) is 0 Å². The number of methoxy groups -OCH3 is 1. The van der Waals surface area contributed by atoms with Crippen LogP contribution in [0.4, 0.5) is 0 Å². The SMILES string of the molecule is C=CC(Oc1ccc(C(N)=O)cc1OC)C(=O)O. The van der Waals surface area contributed by atoms with Crippen LogP contribution < -0.4 is 15.2 Å². The fourth-order valence-electron chi connectivity index (χ4n) is 1.25. The van der Waals surface area contributed by atoms with Crippen molar-refractivity contribution in [2.24, 2.45) is 5.73 Å². The first kappa shape index (κ1) is 13.6. The number of hydrogen-bond acceptors (Lipinski definition) is 4. The van der Waals surface area contributed by atoms with Gasteiger partial charge in [-0.1, -0.05) is 6.58 Å². The van der Waals surface area contributed by atoms with Gasteiger partial charge >= 0.3 is 5.97 Å². The molecule has 18 heavy (non-hydrogen) atoms. The number of aliphatic carboxylic acids is 1. The van der Waals surface area contributed by atoms with E-state index in [0.29, 0.717) is 0 Å². The minimum Gasteiger partial charge on any atom is -0.493 e. The summed E-state index contributed by atoms with van der Waals surface area (Å²) in [6.45, 7) is 3.36. The third-order valence-corrected chi connectivity index (χ3v) is 2.16. The summed E-state index contributed by atoms with van der Waals surface area (Å²) in [5.74, 6) is -1.38. The summed E-state index contributed by atoms with van der Waals surface area (Å²) in [6, 6.07) is 4.21. The number of carbonyl (C=O) groups excluding carboxylic acids is 1. The van der Waals surface area contributed by atoms with Crippen LogP contribution in [0.2, 0.25) is 0 Å². The standard InChI is InChI=1S/C12H13NO5/c1-3-8(12(15)16)18-9-5-4-7(11(13)14)6-10(9)17-2/h3-6,8H,1H2,2H3,(H2,13,14)(H,15,16). The minimum atomic E-state index is -1.20. The highest BCUT2D eigenvalue weighted by molar-refractivity contribution is 5.93. The Balaban J connectivity index is 3.05. The molecule has 0 spiro atoms. The lowest BCUT2D eigenvalue weighted by atomic mass is 10.2. The van der Waals surface area contributed by atoms with Gasteiger partial charge in [0.25, 0.3) is 0 Å². The van der Waals surface area contributed by atoms with E-state index >= 15 is 0 Å². The molecule has 1 amide bonds. The third-order valence-electron chi connectivity index (χ3n) is 2.16. The minimum absolute atomic E-state index is 0.190. The molecule has 0 heterocycles. The van der Waals surface area contributed by atoms with Crippen molar-refractivity contribution in [2.45, 2.75) is 6.10 Å². The summed E-state index contributed by atoms with van der Waals surface area (Å²) in [6.07, 6.45) is -0.0534. The van der Waals surface area contributed by atoms with E-state index in [9.17, 15) is 9.59 Å². The van der Waals surface area contributed by atoms with Crippen LogP contribution >= 0.6 is 0 Å². The van der Waals surface area contributed by atoms with Crippen molar-refractivity contribution in [1.82, 2.24) is 0 Å². The van der Waals surface area contributed by atoms with E-state index in [4.69, 9.17) is 20.3 Å². The van der Waals surface area contributed by atoms with E-state index in [-0.39, 0.29) is 17.1 Å². The monoisotopic (exact) mass is 251 g/mol. The molecule has 0 bridgehead atoms. The summed E-state index contributed by atoms with van der Waals surface area (Å²) >= 11 is 0. The number of primary amides is 1. The molecule has 0 aliphatic rings. The Morgan fingerprint density at radius 2 is 2.11 bits per heavy atom. The van der Waals surface area contributed by atoms with Gasteiger partial charge < -0.3 is 20.3 Å². The largest absolute Gasteiger partial charge is 0.493 e. The van der Waals surface area contributed by atoms with Crippen LogP contribution in [-0.4, -0.2) is 30.2 Å². The molecular weight excluding hydrogens is 238 g/mol. The average Bonchev–Trinajstić information content (AvgIpc) is 2.35. The maximum atomic E-state index is 11.0. The molecule has 6 nitrogen and oxygen atoms in total. The zero-order valence-electron chi connectivity index (χ0n) is 9.75. The van der Waals surface area contributed by atoms with Gasteiger partial charge in [-0.05, 0) is 24.3 Å². The molecule has 1 unspecified atom stereocenters. The quantitative estimate of drug-likeness (QED) is 0.729. The topological polar surface area (TPSA) is 98.9 Å². The molecule has 6 heteroatoms. The number of rotatable bonds is 6. The number of carbonyl (C=O) groups is 2. The number of hydrogen-bond donors (Lipinski definition) is 2. The molecule has 0 radical (unpaired) electrons. The van der Waals surface area contributed by atoms with Crippen LogP contribution in [0, 0.1) is 0 Å². The Morgan fingerprint density at radius 1 is 1.44 bits per heavy atom. The molecule has 0 aromatic heterocycles. The van der Waals surface area contributed by atoms with Crippen LogP contribution in [0.3, 0.4) is 0 Å². The van der Waals surface area contributed by atoms with Crippen molar-refractivity contribution in [2.75, 3.05) is 7.11 Å². The van der Waals surface area contributed by atoms with Gasteiger partial charge in [0.1, 0.15) is 0 Å². The Labute approximate surface area is 104 Å². The number of carboxylic acids is 1. The van der Waals surface area contributed by atoms with Gasteiger partial charge in [-0.25, -0.2) is 4.79 Å².